The molecule has 36 heavy (non-hydrogen) atoms. The van der Waals surface area contributed by atoms with Gasteiger partial charge in [-0.25, -0.2) is 4.98 Å². The van der Waals surface area contributed by atoms with Crippen LogP contribution in [0.25, 0.3) is 0 Å². The standard InChI is InChI=1S/C16H17NO.C14H25N3O/c1-12(18)16(17)15(13-8-4-2-5-9-13)14-10-6-3-7-11-14;1-4-5-7-11(2)14(18)15-9-6-8-13-12(3)16-10-17-13/h2-11,15-16H,17H2,1H3;10-11H,4-9H2,1-3H3,(H,15,18)(H,16,17)/t16-;/m0./s1. The summed E-state index contributed by atoms with van der Waals surface area (Å²) in [6.07, 6.45) is 6.84. The molecule has 2 aromatic carbocycles. The zero-order valence-electron chi connectivity index (χ0n) is 22.2. The van der Waals surface area contributed by atoms with E-state index in [2.05, 4.69) is 22.2 Å². The molecule has 0 saturated heterocycles. The number of amides is 1. The second-order valence-electron chi connectivity index (χ2n) is 9.35. The van der Waals surface area contributed by atoms with Crippen molar-refractivity contribution in [3.8, 4) is 0 Å². The van der Waals surface area contributed by atoms with Gasteiger partial charge in [0.2, 0.25) is 5.91 Å². The number of nitrogens with one attached hydrogen (secondary N) is 2. The lowest BCUT2D eigenvalue weighted by molar-refractivity contribution is -0.124. The Balaban J connectivity index is 0.000000254. The second kappa shape index (κ2) is 15.7. The maximum absolute atomic E-state index is 11.7. The minimum atomic E-state index is -0.505. The first-order valence-electron chi connectivity index (χ1n) is 13.0. The van der Waals surface area contributed by atoms with E-state index < -0.39 is 6.04 Å². The molecule has 0 aliphatic carbocycles. The molecule has 0 aliphatic rings. The minimum absolute atomic E-state index is 0.00714. The third kappa shape index (κ3) is 9.42. The van der Waals surface area contributed by atoms with Crippen LogP contribution in [-0.2, 0) is 16.0 Å². The van der Waals surface area contributed by atoms with Crippen molar-refractivity contribution in [2.45, 2.75) is 71.8 Å². The molecule has 0 radical (unpaired) electrons. The highest BCUT2D eigenvalue weighted by Crippen LogP contribution is 2.27. The van der Waals surface area contributed by atoms with Gasteiger partial charge in [0, 0.05) is 24.1 Å². The van der Waals surface area contributed by atoms with Crippen LogP contribution in [-0.4, -0.2) is 34.2 Å². The summed E-state index contributed by atoms with van der Waals surface area (Å²) in [4.78, 5) is 30.7. The molecular weight excluding hydrogens is 448 g/mol. The van der Waals surface area contributed by atoms with Crippen LogP contribution in [0.15, 0.2) is 67.0 Å². The van der Waals surface area contributed by atoms with Gasteiger partial charge in [0.15, 0.2) is 0 Å². The molecule has 1 amide bonds. The largest absolute Gasteiger partial charge is 0.356 e. The highest BCUT2D eigenvalue weighted by atomic mass is 16.1. The van der Waals surface area contributed by atoms with Gasteiger partial charge >= 0.3 is 0 Å². The molecule has 194 valence electrons. The number of carbonyl (C=O) groups is 2. The lowest BCUT2D eigenvalue weighted by Gasteiger charge is -2.23. The molecule has 0 aliphatic heterocycles. The smallest absolute Gasteiger partial charge is 0.222 e. The predicted octanol–water partition coefficient (Wildman–Crippen LogP) is 5.33. The summed E-state index contributed by atoms with van der Waals surface area (Å²) in [7, 11) is 0. The highest BCUT2D eigenvalue weighted by Gasteiger charge is 2.24. The van der Waals surface area contributed by atoms with Gasteiger partial charge in [0.25, 0.3) is 0 Å². The number of hydrogen-bond donors (Lipinski definition) is 3. The zero-order chi connectivity index (χ0) is 26.3. The lowest BCUT2D eigenvalue weighted by Crippen LogP contribution is -2.35. The number of imidazole rings is 1. The van der Waals surface area contributed by atoms with E-state index in [1.165, 1.54) is 0 Å². The monoisotopic (exact) mass is 490 g/mol. The van der Waals surface area contributed by atoms with Crippen molar-refractivity contribution in [1.82, 2.24) is 15.3 Å². The summed E-state index contributed by atoms with van der Waals surface area (Å²) in [6.45, 7) is 8.46. The van der Waals surface area contributed by atoms with E-state index in [0.717, 1.165) is 61.2 Å². The van der Waals surface area contributed by atoms with E-state index in [1.807, 2.05) is 74.5 Å². The molecule has 3 aromatic rings. The average Bonchev–Trinajstić information content (AvgIpc) is 3.31. The summed E-state index contributed by atoms with van der Waals surface area (Å²) in [6, 6.07) is 19.4. The van der Waals surface area contributed by atoms with Crippen LogP contribution in [0.3, 0.4) is 0 Å². The minimum Gasteiger partial charge on any atom is -0.356 e. The number of hydrogen-bond acceptors (Lipinski definition) is 4. The molecule has 6 nitrogen and oxygen atoms in total. The first kappa shape index (κ1) is 29.0. The molecule has 1 unspecified atom stereocenters. The topological polar surface area (TPSA) is 101 Å². The van der Waals surface area contributed by atoms with Crippen LogP contribution in [0.2, 0.25) is 0 Å². The van der Waals surface area contributed by atoms with Gasteiger partial charge in [-0.1, -0.05) is 87.4 Å². The van der Waals surface area contributed by atoms with Crippen molar-refractivity contribution >= 4 is 11.7 Å². The average molecular weight is 491 g/mol. The number of carbonyl (C=O) groups excluding carboxylic acids is 2. The molecule has 0 bridgehead atoms. The molecule has 4 N–H and O–H groups in total. The number of rotatable bonds is 12. The SMILES string of the molecule is CC(=O)[C@H](N)C(c1ccccc1)c1ccccc1.CCCCC(C)C(=O)NCCCc1nc[nH]c1C. The van der Waals surface area contributed by atoms with Crippen molar-refractivity contribution in [2.24, 2.45) is 11.7 Å². The van der Waals surface area contributed by atoms with Crippen LogP contribution < -0.4 is 11.1 Å². The van der Waals surface area contributed by atoms with Gasteiger partial charge in [0.05, 0.1) is 18.1 Å². The number of H-pyrrole nitrogens is 1. The van der Waals surface area contributed by atoms with Gasteiger partial charge in [-0.3, -0.25) is 9.59 Å². The van der Waals surface area contributed by atoms with E-state index in [1.54, 1.807) is 13.3 Å². The lowest BCUT2D eigenvalue weighted by atomic mass is 9.84. The molecule has 0 saturated carbocycles. The number of ketones is 1. The molecule has 0 spiro atoms. The van der Waals surface area contributed by atoms with Crippen LogP contribution in [0.4, 0.5) is 0 Å². The van der Waals surface area contributed by atoms with Gasteiger partial charge in [-0.15, -0.1) is 0 Å². The summed E-state index contributed by atoms with van der Waals surface area (Å²) in [5.74, 6) is 0.247. The van der Waals surface area contributed by atoms with Crippen LogP contribution in [0.1, 0.15) is 74.9 Å². The van der Waals surface area contributed by atoms with Gasteiger partial charge < -0.3 is 16.0 Å². The zero-order valence-corrected chi connectivity index (χ0v) is 22.2. The fourth-order valence-corrected chi connectivity index (χ4v) is 4.08. The quantitative estimate of drug-likeness (QED) is 0.299. The van der Waals surface area contributed by atoms with Crippen LogP contribution >= 0.6 is 0 Å². The third-order valence-electron chi connectivity index (χ3n) is 6.41. The first-order valence-corrected chi connectivity index (χ1v) is 13.0. The van der Waals surface area contributed by atoms with Crippen molar-refractivity contribution in [1.29, 1.82) is 0 Å². The molecule has 3 rings (SSSR count). The van der Waals surface area contributed by atoms with E-state index in [9.17, 15) is 9.59 Å². The Hall–Kier alpha value is -3.25. The Morgan fingerprint density at radius 3 is 2.06 bits per heavy atom. The van der Waals surface area contributed by atoms with E-state index in [0.29, 0.717) is 0 Å². The van der Waals surface area contributed by atoms with Crippen molar-refractivity contribution in [3.63, 3.8) is 0 Å². The van der Waals surface area contributed by atoms with E-state index >= 15 is 0 Å². The molecule has 1 aromatic heterocycles. The molecule has 6 heteroatoms. The number of aromatic amines is 1. The number of unbranched alkanes of at least 4 members (excludes halogenated alkanes) is 1. The Morgan fingerprint density at radius 2 is 1.58 bits per heavy atom. The Morgan fingerprint density at radius 1 is 1.00 bits per heavy atom. The third-order valence-corrected chi connectivity index (χ3v) is 6.41. The molecule has 0 fully saturated rings. The van der Waals surface area contributed by atoms with Crippen molar-refractivity contribution < 1.29 is 9.59 Å². The number of Topliss-reactive ketones (excluding diaryl/α,β-unsaturated/α-hetero) is 1. The fourth-order valence-electron chi connectivity index (χ4n) is 4.08. The predicted molar refractivity (Wildman–Crippen MR) is 147 cm³/mol. The van der Waals surface area contributed by atoms with Gasteiger partial charge in [-0.05, 0) is 44.2 Å². The Kier molecular flexibility index (Phi) is 12.6. The normalized spacial score (nSPS) is 12.4. The second-order valence-corrected chi connectivity index (χ2v) is 9.35. The maximum Gasteiger partial charge on any atom is 0.222 e. The van der Waals surface area contributed by atoms with Crippen molar-refractivity contribution in [2.75, 3.05) is 6.54 Å². The molecular formula is C30H42N4O2. The fraction of sp³-hybridized carbons (Fsp3) is 0.433. The Labute approximate surface area is 216 Å². The molecule has 1 heterocycles. The number of aryl methyl sites for hydroxylation is 2. The maximum atomic E-state index is 11.7. The van der Waals surface area contributed by atoms with Gasteiger partial charge in [0.1, 0.15) is 5.78 Å². The van der Waals surface area contributed by atoms with Crippen LogP contribution in [0.5, 0.6) is 0 Å². The number of nitrogens with zero attached hydrogens (tertiary/aromatic N) is 1. The molecule has 2 atom stereocenters. The summed E-state index contributed by atoms with van der Waals surface area (Å²) in [5.41, 5.74) is 10.4. The van der Waals surface area contributed by atoms with Crippen LogP contribution in [0, 0.1) is 12.8 Å². The van der Waals surface area contributed by atoms with Crippen molar-refractivity contribution in [3.05, 3.63) is 89.5 Å². The number of nitrogens with two attached hydrogens (primary N) is 1. The summed E-state index contributed by atoms with van der Waals surface area (Å²) >= 11 is 0. The number of benzene rings is 2. The van der Waals surface area contributed by atoms with E-state index in [-0.39, 0.29) is 23.5 Å². The summed E-state index contributed by atoms with van der Waals surface area (Å²) < 4.78 is 0. The van der Waals surface area contributed by atoms with E-state index in [4.69, 9.17) is 5.73 Å². The van der Waals surface area contributed by atoms with Gasteiger partial charge in [-0.2, -0.15) is 0 Å². The highest BCUT2D eigenvalue weighted by molar-refractivity contribution is 5.83. The number of aromatic nitrogens is 2. The first-order chi connectivity index (χ1) is 17.3. The Bertz CT molecular complexity index is 994. The summed E-state index contributed by atoms with van der Waals surface area (Å²) in [5, 5.41) is 3.00.